The molecular weight excluding hydrogens is 276 g/mol. The molecule has 0 bridgehead atoms. The largest absolute Gasteiger partial charge is 0.481 e. The van der Waals surface area contributed by atoms with E-state index in [1.807, 2.05) is 0 Å². The molecule has 0 radical (unpaired) electrons. The van der Waals surface area contributed by atoms with Crippen molar-refractivity contribution < 1.29 is 14.7 Å². The van der Waals surface area contributed by atoms with Crippen molar-refractivity contribution in [2.24, 2.45) is 0 Å². The Morgan fingerprint density at radius 2 is 2.25 bits per heavy atom. The third kappa shape index (κ3) is 3.30. The maximum Gasteiger partial charge on any atom is 0.305 e. The van der Waals surface area contributed by atoms with Crippen LogP contribution in [-0.2, 0) is 4.79 Å². The minimum Gasteiger partial charge on any atom is -0.481 e. The lowest BCUT2D eigenvalue weighted by Crippen LogP contribution is -2.29. The Morgan fingerprint density at radius 3 is 2.81 bits per heavy atom. The van der Waals surface area contributed by atoms with E-state index in [2.05, 4.69) is 20.9 Å². The van der Waals surface area contributed by atoms with E-state index in [1.54, 1.807) is 13.1 Å². The molecule has 1 aromatic rings. The molecule has 1 rings (SSSR count). The highest BCUT2D eigenvalue weighted by atomic mass is 79.9. The summed E-state index contributed by atoms with van der Waals surface area (Å²) in [5, 5.41) is 8.51. The van der Waals surface area contributed by atoms with Gasteiger partial charge in [0.25, 0.3) is 5.91 Å². The first kappa shape index (κ1) is 12.6. The van der Waals surface area contributed by atoms with Gasteiger partial charge in [0.1, 0.15) is 0 Å². The molecule has 0 saturated carbocycles. The highest BCUT2D eigenvalue weighted by Crippen LogP contribution is 2.16. The summed E-state index contributed by atoms with van der Waals surface area (Å²) in [7, 11) is 1.57. The van der Waals surface area contributed by atoms with Crippen molar-refractivity contribution in [2.45, 2.75) is 6.42 Å². The maximum absolute atomic E-state index is 11.9. The molecule has 0 aliphatic rings. The van der Waals surface area contributed by atoms with Crippen LogP contribution < -0.4 is 0 Å². The van der Waals surface area contributed by atoms with Crippen LogP contribution in [0.3, 0.4) is 0 Å². The highest BCUT2D eigenvalue weighted by molar-refractivity contribution is 9.10. The molecule has 0 atom stereocenters. The number of pyridine rings is 1. The number of rotatable bonds is 4. The van der Waals surface area contributed by atoms with Crippen molar-refractivity contribution in [3.8, 4) is 0 Å². The van der Waals surface area contributed by atoms with Gasteiger partial charge in [-0.05, 0) is 22.0 Å². The SMILES string of the molecule is CN(CCC(=O)O)C(=O)c1ccncc1Br. The molecule has 86 valence electrons. The van der Waals surface area contributed by atoms with Crippen LogP contribution in [0.4, 0.5) is 0 Å². The van der Waals surface area contributed by atoms with Crippen LogP contribution in [-0.4, -0.2) is 40.5 Å². The van der Waals surface area contributed by atoms with E-state index in [4.69, 9.17) is 5.11 Å². The first-order chi connectivity index (χ1) is 7.52. The van der Waals surface area contributed by atoms with Crippen molar-refractivity contribution in [1.29, 1.82) is 0 Å². The number of nitrogens with zero attached hydrogens (tertiary/aromatic N) is 2. The first-order valence-electron chi connectivity index (χ1n) is 4.59. The standard InChI is InChI=1S/C10H11BrN2O3/c1-13(5-3-9(14)15)10(16)7-2-4-12-6-8(7)11/h2,4,6H,3,5H2,1H3,(H,14,15). The van der Waals surface area contributed by atoms with Crippen molar-refractivity contribution in [1.82, 2.24) is 9.88 Å². The highest BCUT2D eigenvalue weighted by Gasteiger charge is 2.15. The van der Waals surface area contributed by atoms with E-state index in [0.717, 1.165) is 0 Å². The van der Waals surface area contributed by atoms with Crippen LogP contribution in [0.25, 0.3) is 0 Å². The molecule has 0 saturated heterocycles. The Kier molecular flexibility index (Phi) is 4.42. The molecule has 6 heteroatoms. The van der Waals surface area contributed by atoms with Gasteiger partial charge < -0.3 is 10.0 Å². The predicted octanol–water partition coefficient (Wildman–Crippen LogP) is 1.39. The summed E-state index contributed by atoms with van der Waals surface area (Å²) < 4.78 is 0.599. The normalized spacial score (nSPS) is 9.88. The van der Waals surface area contributed by atoms with E-state index < -0.39 is 5.97 Å². The number of aliphatic carboxylic acids is 1. The summed E-state index contributed by atoms with van der Waals surface area (Å²) in [6.45, 7) is 0.183. The molecule has 0 aliphatic heterocycles. The van der Waals surface area contributed by atoms with Crippen molar-refractivity contribution in [2.75, 3.05) is 13.6 Å². The molecule has 1 amide bonds. The van der Waals surface area contributed by atoms with Gasteiger partial charge >= 0.3 is 5.97 Å². The third-order valence-electron chi connectivity index (χ3n) is 2.01. The van der Waals surface area contributed by atoms with Crippen LogP contribution >= 0.6 is 15.9 Å². The van der Waals surface area contributed by atoms with Gasteiger partial charge in [-0.1, -0.05) is 0 Å². The molecule has 1 aromatic heterocycles. The number of aromatic nitrogens is 1. The molecule has 16 heavy (non-hydrogen) atoms. The number of hydrogen-bond donors (Lipinski definition) is 1. The Hall–Kier alpha value is -1.43. The van der Waals surface area contributed by atoms with Crippen LogP contribution in [0, 0.1) is 0 Å². The quantitative estimate of drug-likeness (QED) is 0.908. The Morgan fingerprint density at radius 1 is 1.56 bits per heavy atom. The van der Waals surface area contributed by atoms with Gasteiger partial charge in [0.05, 0.1) is 12.0 Å². The van der Waals surface area contributed by atoms with Crippen LogP contribution in [0.1, 0.15) is 16.8 Å². The van der Waals surface area contributed by atoms with Gasteiger partial charge in [0.2, 0.25) is 0 Å². The maximum atomic E-state index is 11.9. The lowest BCUT2D eigenvalue weighted by Gasteiger charge is -2.16. The van der Waals surface area contributed by atoms with Crippen molar-refractivity contribution in [3.05, 3.63) is 28.5 Å². The summed E-state index contributed by atoms with van der Waals surface area (Å²) in [5.41, 5.74) is 0.475. The van der Waals surface area contributed by atoms with Crippen LogP contribution in [0.15, 0.2) is 22.9 Å². The molecule has 0 fully saturated rings. The molecule has 1 heterocycles. The van der Waals surface area contributed by atoms with Crippen LogP contribution in [0.5, 0.6) is 0 Å². The van der Waals surface area contributed by atoms with Gasteiger partial charge in [-0.3, -0.25) is 14.6 Å². The fourth-order valence-corrected chi connectivity index (χ4v) is 1.54. The van der Waals surface area contributed by atoms with Gasteiger partial charge in [-0.2, -0.15) is 0 Å². The number of carbonyl (C=O) groups is 2. The number of carboxylic acids is 1. The van der Waals surface area contributed by atoms with Crippen molar-refractivity contribution in [3.63, 3.8) is 0 Å². The molecule has 0 aromatic carbocycles. The second kappa shape index (κ2) is 5.60. The number of carboxylic acid groups (broad SMARTS) is 1. The zero-order valence-corrected chi connectivity index (χ0v) is 10.3. The minimum atomic E-state index is -0.923. The monoisotopic (exact) mass is 286 g/mol. The van der Waals surface area contributed by atoms with Gasteiger partial charge in [-0.25, -0.2) is 0 Å². The van der Waals surface area contributed by atoms with E-state index in [1.165, 1.54) is 17.3 Å². The Balaban J connectivity index is 2.71. The summed E-state index contributed by atoms with van der Waals surface area (Å²) >= 11 is 3.22. The van der Waals surface area contributed by atoms with Crippen molar-refractivity contribution >= 4 is 27.8 Å². The number of amides is 1. The fraction of sp³-hybridized carbons (Fsp3) is 0.300. The average molecular weight is 287 g/mol. The summed E-state index contributed by atoms with van der Waals surface area (Å²) in [5.74, 6) is -1.15. The molecule has 1 N–H and O–H groups in total. The minimum absolute atomic E-state index is 0.0645. The van der Waals surface area contributed by atoms with E-state index >= 15 is 0 Å². The summed E-state index contributed by atoms with van der Waals surface area (Å²) in [6, 6.07) is 1.59. The molecule has 0 unspecified atom stereocenters. The third-order valence-corrected chi connectivity index (χ3v) is 2.64. The van der Waals surface area contributed by atoms with E-state index in [9.17, 15) is 9.59 Å². The Labute approximate surface area is 101 Å². The number of halogens is 1. The summed E-state index contributed by atoms with van der Waals surface area (Å²) in [6.07, 6.45) is 2.98. The Bertz CT molecular complexity index is 409. The molecule has 5 nitrogen and oxygen atoms in total. The zero-order chi connectivity index (χ0) is 12.1. The number of hydrogen-bond acceptors (Lipinski definition) is 3. The summed E-state index contributed by atoms with van der Waals surface area (Å²) in [4.78, 5) is 27.4. The van der Waals surface area contributed by atoms with E-state index in [-0.39, 0.29) is 18.9 Å². The van der Waals surface area contributed by atoms with Gasteiger partial charge in [-0.15, -0.1) is 0 Å². The fourth-order valence-electron chi connectivity index (χ4n) is 1.12. The predicted molar refractivity (Wildman–Crippen MR) is 61.2 cm³/mol. The molecule has 0 aliphatic carbocycles. The first-order valence-corrected chi connectivity index (χ1v) is 5.38. The smallest absolute Gasteiger partial charge is 0.305 e. The second-order valence-corrected chi connectivity index (χ2v) is 4.08. The lowest BCUT2D eigenvalue weighted by atomic mass is 10.2. The van der Waals surface area contributed by atoms with Gasteiger partial charge in [0, 0.05) is 30.5 Å². The van der Waals surface area contributed by atoms with Crippen LogP contribution in [0.2, 0.25) is 0 Å². The lowest BCUT2D eigenvalue weighted by molar-refractivity contribution is -0.137. The average Bonchev–Trinajstić information content (AvgIpc) is 2.25. The van der Waals surface area contributed by atoms with Gasteiger partial charge in [0.15, 0.2) is 0 Å². The van der Waals surface area contributed by atoms with E-state index in [0.29, 0.717) is 10.0 Å². The molecule has 0 spiro atoms. The topological polar surface area (TPSA) is 70.5 Å². The zero-order valence-electron chi connectivity index (χ0n) is 8.68. The molecular formula is C10H11BrN2O3. The number of carbonyl (C=O) groups excluding carboxylic acids is 1. The second-order valence-electron chi connectivity index (χ2n) is 3.23.